The third kappa shape index (κ3) is 4.25. The number of alkyl halides is 1. The summed E-state index contributed by atoms with van der Waals surface area (Å²) in [5, 5.41) is 6.79. The lowest BCUT2D eigenvalue weighted by molar-refractivity contribution is 1.52. The lowest BCUT2D eigenvalue weighted by atomic mass is 10.3. The second-order valence-corrected chi connectivity index (χ2v) is 2.08. The van der Waals surface area contributed by atoms with Gasteiger partial charge in [0.15, 0.2) is 0 Å². The first-order valence-electron chi connectivity index (χ1n) is 2.33. The van der Waals surface area contributed by atoms with Crippen molar-refractivity contribution in [3.05, 3.63) is 24.3 Å². The number of allylic oxidation sites excluding steroid dienone is 3. The maximum atomic E-state index is 6.81. The molecule has 3 heteroatoms. The largest absolute Gasteiger partial charge is 0.289 e. The molecule has 0 aliphatic rings. The molecule has 0 saturated carbocycles. The fourth-order valence-electron chi connectivity index (χ4n) is 0.315. The molecule has 0 rings (SSSR count). The van der Waals surface area contributed by atoms with Crippen molar-refractivity contribution in [2.75, 3.05) is 5.88 Å². The van der Waals surface area contributed by atoms with Gasteiger partial charge in [0.1, 0.15) is 5.17 Å². The summed E-state index contributed by atoms with van der Waals surface area (Å²) >= 11 is 10.6. The van der Waals surface area contributed by atoms with E-state index in [0.717, 1.165) is 5.57 Å². The van der Waals surface area contributed by atoms with Crippen LogP contribution < -0.4 is 0 Å². The third-order valence-electron chi connectivity index (χ3n) is 0.729. The van der Waals surface area contributed by atoms with E-state index in [2.05, 4.69) is 6.58 Å². The second kappa shape index (κ2) is 4.59. The van der Waals surface area contributed by atoms with Crippen molar-refractivity contribution in [2.45, 2.75) is 0 Å². The Kier molecular flexibility index (Phi) is 4.46. The molecule has 0 heterocycles. The number of halogens is 2. The minimum atomic E-state index is -0.0226. The number of hydrogen-bond acceptors (Lipinski definition) is 1. The minimum absolute atomic E-state index is 0.0226. The first-order valence-corrected chi connectivity index (χ1v) is 3.25. The summed E-state index contributed by atoms with van der Waals surface area (Å²) in [5.41, 5.74) is 0.761. The van der Waals surface area contributed by atoms with Gasteiger partial charge in [-0.3, -0.25) is 5.41 Å². The summed E-state index contributed by atoms with van der Waals surface area (Å²) in [6, 6.07) is 0. The van der Waals surface area contributed by atoms with Crippen molar-refractivity contribution in [3.63, 3.8) is 0 Å². The number of rotatable bonds is 3. The molecule has 1 N–H and O–H groups in total. The van der Waals surface area contributed by atoms with Crippen LogP contribution >= 0.6 is 23.2 Å². The second-order valence-electron chi connectivity index (χ2n) is 1.40. The Morgan fingerprint density at radius 1 is 1.67 bits per heavy atom. The quantitative estimate of drug-likeness (QED) is 0.376. The molecular weight excluding hydrogens is 157 g/mol. The van der Waals surface area contributed by atoms with Gasteiger partial charge in [-0.15, -0.1) is 11.6 Å². The maximum Gasteiger partial charge on any atom is 0.121 e. The average molecular weight is 164 g/mol. The summed E-state index contributed by atoms with van der Waals surface area (Å²) in [6.07, 6.45) is 3.03. The summed E-state index contributed by atoms with van der Waals surface area (Å²) in [6.45, 7) is 3.48. The zero-order valence-corrected chi connectivity index (χ0v) is 6.34. The third-order valence-corrected chi connectivity index (χ3v) is 1.15. The van der Waals surface area contributed by atoms with E-state index in [1.54, 1.807) is 6.08 Å². The molecule has 0 bridgehead atoms. The zero-order valence-electron chi connectivity index (χ0n) is 4.82. The lowest BCUT2D eigenvalue weighted by Gasteiger charge is -1.89. The SMILES string of the molecule is C=CC(=CC(=N)Cl)CCl. The van der Waals surface area contributed by atoms with Crippen LogP contribution in [0.5, 0.6) is 0 Å². The molecule has 0 aromatic heterocycles. The Hall–Kier alpha value is -0.270. The van der Waals surface area contributed by atoms with Gasteiger partial charge in [-0.05, 0) is 11.6 Å². The molecule has 50 valence electrons. The Balaban J connectivity index is 4.07. The van der Waals surface area contributed by atoms with E-state index < -0.39 is 0 Å². The highest BCUT2D eigenvalue weighted by atomic mass is 35.5. The maximum absolute atomic E-state index is 6.81. The van der Waals surface area contributed by atoms with Crippen molar-refractivity contribution in [1.82, 2.24) is 0 Å². The molecule has 0 aromatic carbocycles. The van der Waals surface area contributed by atoms with E-state index >= 15 is 0 Å². The first kappa shape index (κ1) is 8.73. The van der Waals surface area contributed by atoms with Crippen LogP contribution in [0.25, 0.3) is 0 Å². The summed E-state index contributed by atoms with van der Waals surface area (Å²) < 4.78 is 0. The van der Waals surface area contributed by atoms with Gasteiger partial charge in [-0.25, -0.2) is 0 Å². The van der Waals surface area contributed by atoms with Crippen molar-refractivity contribution in [2.24, 2.45) is 0 Å². The van der Waals surface area contributed by atoms with E-state index in [0.29, 0.717) is 5.88 Å². The van der Waals surface area contributed by atoms with Gasteiger partial charge in [0.25, 0.3) is 0 Å². The van der Waals surface area contributed by atoms with Crippen LogP contribution in [-0.2, 0) is 0 Å². The molecule has 0 fully saturated rings. The average Bonchev–Trinajstić information content (AvgIpc) is 1.82. The van der Waals surface area contributed by atoms with E-state index in [1.807, 2.05) is 0 Å². The molecule has 0 aliphatic heterocycles. The van der Waals surface area contributed by atoms with Crippen molar-refractivity contribution in [1.29, 1.82) is 5.41 Å². The van der Waals surface area contributed by atoms with Gasteiger partial charge in [-0.2, -0.15) is 0 Å². The van der Waals surface area contributed by atoms with Crippen molar-refractivity contribution < 1.29 is 0 Å². The summed E-state index contributed by atoms with van der Waals surface area (Å²) in [7, 11) is 0. The number of hydrogen-bond donors (Lipinski definition) is 1. The Morgan fingerprint density at radius 2 is 2.22 bits per heavy atom. The van der Waals surface area contributed by atoms with Crippen LogP contribution in [0.2, 0.25) is 0 Å². The topological polar surface area (TPSA) is 23.9 Å². The highest BCUT2D eigenvalue weighted by Crippen LogP contribution is 1.99. The molecule has 0 aromatic rings. The van der Waals surface area contributed by atoms with Gasteiger partial charge in [0.2, 0.25) is 0 Å². The molecule has 0 radical (unpaired) electrons. The van der Waals surface area contributed by atoms with Crippen LogP contribution in [0.4, 0.5) is 0 Å². The smallest absolute Gasteiger partial charge is 0.121 e. The monoisotopic (exact) mass is 163 g/mol. The molecule has 0 atom stereocenters. The molecule has 1 nitrogen and oxygen atoms in total. The molecule has 0 amide bonds. The van der Waals surface area contributed by atoms with Crippen LogP contribution in [0.1, 0.15) is 0 Å². The zero-order chi connectivity index (χ0) is 7.28. The molecule has 0 saturated heterocycles. The Bertz CT molecular complexity index is 149. The molecular formula is C6H7Cl2N. The van der Waals surface area contributed by atoms with Crippen LogP contribution in [-0.4, -0.2) is 11.1 Å². The fourth-order valence-corrected chi connectivity index (χ4v) is 0.641. The molecule has 0 spiro atoms. The van der Waals surface area contributed by atoms with Crippen LogP contribution in [0, 0.1) is 5.41 Å². The van der Waals surface area contributed by atoms with Gasteiger partial charge in [0.05, 0.1) is 0 Å². The summed E-state index contributed by atoms with van der Waals surface area (Å²) in [5.74, 6) is 0.346. The van der Waals surface area contributed by atoms with Crippen molar-refractivity contribution in [3.8, 4) is 0 Å². The Morgan fingerprint density at radius 3 is 2.33 bits per heavy atom. The normalized spacial score (nSPS) is 11.1. The van der Waals surface area contributed by atoms with E-state index in [4.69, 9.17) is 28.6 Å². The van der Waals surface area contributed by atoms with E-state index in [-0.39, 0.29) is 5.17 Å². The number of nitrogens with one attached hydrogen (secondary N) is 1. The van der Waals surface area contributed by atoms with E-state index in [9.17, 15) is 0 Å². The van der Waals surface area contributed by atoms with Gasteiger partial charge < -0.3 is 0 Å². The lowest BCUT2D eigenvalue weighted by Crippen LogP contribution is -1.82. The van der Waals surface area contributed by atoms with Gasteiger partial charge in [0, 0.05) is 5.88 Å². The van der Waals surface area contributed by atoms with Gasteiger partial charge >= 0.3 is 0 Å². The molecule has 9 heavy (non-hydrogen) atoms. The Labute approximate surface area is 64.5 Å². The predicted molar refractivity (Wildman–Crippen MR) is 42.6 cm³/mol. The molecule has 0 unspecified atom stereocenters. The predicted octanol–water partition coefficient (Wildman–Crippen LogP) is 2.55. The van der Waals surface area contributed by atoms with Gasteiger partial charge in [-0.1, -0.05) is 24.3 Å². The highest BCUT2D eigenvalue weighted by molar-refractivity contribution is 6.67. The first-order chi connectivity index (χ1) is 4.20. The van der Waals surface area contributed by atoms with Crippen LogP contribution in [0.3, 0.4) is 0 Å². The van der Waals surface area contributed by atoms with Crippen molar-refractivity contribution >= 4 is 28.4 Å². The minimum Gasteiger partial charge on any atom is -0.289 e. The molecule has 0 aliphatic carbocycles. The van der Waals surface area contributed by atoms with E-state index in [1.165, 1.54) is 6.08 Å². The highest BCUT2D eigenvalue weighted by Gasteiger charge is 1.88. The standard InChI is InChI=1S/C6H7Cl2N/c1-2-5(4-7)3-6(8)9/h2-3,9H,1,4H2. The summed E-state index contributed by atoms with van der Waals surface area (Å²) in [4.78, 5) is 0. The van der Waals surface area contributed by atoms with Crippen LogP contribution in [0.15, 0.2) is 24.3 Å². The fraction of sp³-hybridized carbons (Fsp3) is 0.167.